The molecule has 0 unspecified atom stereocenters. The smallest absolute Gasteiger partial charge is 0.328 e. The van der Waals surface area contributed by atoms with Crippen molar-refractivity contribution < 1.29 is 23.8 Å². The van der Waals surface area contributed by atoms with Crippen LogP contribution in [0.2, 0.25) is 0 Å². The lowest BCUT2D eigenvalue weighted by Crippen LogP contribution is -2.43. The number of ether oxygens (including phenoxy) is 1. The third-order valence-corrected chi connectivity index (χ3v) is 3.87. The molecule has 1 amide bonds. The number of fused-ring (bicyclic) bond motifs is 1. The van der Waals surface area contributed by atoms with Crippen LogP contribution in [0.4, 0.5) is 0 Å². The van der Waals surface area contributed by atoms with Gasteiger partial charge in [0.2, 0.25) is 0 Å². The van der Waals surface area contributed by atoms with Crippen LogP contribution < -0.4 is 5.32 Å². The molecule has 0 aliphatic carbocycles. The highest BCUT2D eigenvalue weighted by Gasteiger charge is 2.23. The van der Waals surface area contributed by atoms with Crippen molar-refractivity contribution >= 4 is 22.8 Å². The first-order chi connectivity index (χ1) is 13.1. The van der Waals surface area contributed by atoms with E-state index in [1.165, 1.54) is 6.07 Å². The number of carboxylic acids is 1. The van der Waals surface area contributed by atoms with Crippen molar-refractivity contribution in [1.29, 1.82) is 5.26 Å². The summed E-state index contributed by atoms with van der Waals surface area (Å²) >= 11 is 0. The first kappa shape index (κ1) is 18.2. The second-order valence-corrected chi connectivity index (χ2v) is 5.84. The number of aliphatic carboxylic acids is 1. The second-order valence-electron chi connectivity index (χ2n) is 5.84. The number of carbonyl (C=O) groups is 2. The number of amides is 1. The zero-order valence-corrected chi connectivity index (χ0v) is 14.2. The van der Waals surface area contributed by atoms with E-state index in [0.29, 0.717) is 16.5 Å². The molecule has 0 saturated carbocycles. The molecule has 2 N–H and O–H groups in total. The zero-order chi connectivity index (χ0) is 19.2. The van der Waals surface area contributed by atoms with Crippen LogP contribution in [0, 0.1) is 11.3 Å². The van der Waals surface area contributed by atoms with Crippen LogP contribution in [-0.4, -0.2) is 29.6 Å². The Morgan fingerprint density at radius 2 is 1.96 bits per heavy atom. The van der Waals surface area contributed by atoms with Gasteiger partial charge in [-0.05, 0) is 29.8 Å². The molecule has 3 aromatic rings. The number of hydrogen-bond donors (Lipinski definition) is 2. The molecule has 1 aromatic heterocycles. The summed E-state index contributed by atoms with van der Waals surface area (Å²) in [6, 6.07) is 16.3. The van der Waals surface area contributed by atoms with Gasteiger partial charge in [-0.1, -0.05) is 30.3 Å². The summed E-state index contributed by atoms with van der Waals surface area (Å²) in [7, 11) is 0. The molecule has 7 heteroatoms. The Morgan fingerprint density at radius 3 is 2.67 bits per heavy atom. The van der Waals surface area contributed by atoms with Crippen LogP contribution in [0.5, 0.6) is 0 Å². The first-order valence-electron chi connectivity index (χ1n) is 8.16. The number of hydrogen-bond acceptors (Lipinski definition) is 5. The normalized spacial score (nSPS) is 11.7. The van der Waals surface area contributed by atoms with Crippen LogP contribution in [-0.2, 0) is 16.1 Å². The van der Waals surface area contributed by atoms with E-state index in [1.54, 1.807) is 18.2 Å². The predicted octanol–water partition coefficient (Wildman–Crippen LogP) is 2.70. The summed E-state index contributed by atoms with van der Waals surface area (Å²) in [5.74, 6) is -1.91. The molecule has 3 rings (SSSR count). The van der Waals surface area contributed by atoms with Gasteiger partial charge in [0.25, 0.3) is 5.91 Å². The minimum absolute atomic E-state index is 0.0330. The molecule has 7 nitrogen and oxygen atoms in total. The summed E-state index contributed by atoms with van der Waals surface area (Å²) in [5.41, 5.74) is 1.78. The van der Waals surface area contributed by atoms with Crippen LogP contribution >= 0.6 is 0 Å². The number of carboxylic acid groups (broad SMARTS) is 1. The number of furan rings is 1. The summed E-state index contributed by atoms with van der Waals surface area (Å²) in [5, 5.41) is 21.2. The van der Waals surface area contributed by atoms with Gasteiger partial charge >= 0.3 is 5.97 Å². The fraction of sp³-hybridized carbons (Fsp3) is 0.150. The Bertz CT molecular complexity index is 1000. The van der Waals surface area contributed by atoms with E-state index < -0.39 is 17.9 Å². The van der Waals surface area contributed by atoms with E-state index in [4.69, 9.17) is 14.4 Å². The average Bonchev–Trinajstić information content (AvgIpc) is 3.11. The van der Waals surface area contributed by atoms with Gasteiger partial charge < -0.3 is 19.6 Å². The molecule has 1 heterocycles. The fourth-order valence-electron chi connectivity index (χ4n) is 2.50. The van der Waals surface area contributed by atoms with Gasteiger partial charge in [-0.3, -0.25) is 4.79 Å². The maximum absolute atomic E-state index is 12.3. The Balaban J connectivity index is 1.64. The lowest BCUT2D eigenvalue weighted by atomic mass is 10.2. The van der Waals surface area contributed by atoms with Crippen LogP contribution in [0.25, 0.3) is 11.0 Å². The lowest BCUT2D eigenvalue weighted by molar-refractivity contribution is -0.141. The maximum Gasteiger partial charge on any atom is 0.328 e. The lowest BCUT2D eigenvalue weighted by Gasteiger charge is -2.14. The predicted molar refractivity (Wildman–Crippen MR) is 95.9 cm³/mol. The Morgan fingerprint density at radius 1 is 1.19 bits per heavy atom. The molecule has 1 atom stereocenters. The highest BCUT2D eigenvalue weighted by atomic mass is 16.5. The number of carbonyl (C=O) groups excluding carboxylic acids is 1. The van der Waals surface area contributed by atoms with Gasteiger partial charge in [-0.2, -0.15) is 5.26 Å². The first-order valence-corrected chi connectivity index (χ1v) is 8.16. The van der Waals surface area contributed by atoms with Gasteiger partial charge in [0, 0.05) is 5.39 Å². The summed E-state index contributed by atoms with van der Waals surface area (Å²) in [6.07, 6.45) is 0. The van der Waals surface area contributed by atoms with Gasteiger partial charge in [0.05, 0.1) is 24.8 Å². The van der Waals surface area contributed by atoms with Gasteiger partial charge in [-0.25, -0.2) is 4.79 Å². The maximum atomic E-state index is 12.3. The van der Waals surface area contributed by atoms with E-state index in [-0.39, 0.29) is 19.0 Å². The minimum Gasteiger partial charge on any atom is -0.480 e. The molecule has 0 spiro atoms. The highest BCUT2D eigenvalue weighted by Crippen LogP contribution is 2.20. The highest BCUT2D eigenvalue weighted by molar-refractivity contribution is 5.98. The largest absolute Gasteiger partial charge is 0.480 e. The molecule has 0 radical (unpaired) electrons. The zero-order valence-electron chi connectivity index (χ0n) is 14.2. The molecule has 0 aliphatic heterocycles. The number of nitrogens with one attached hydrogen (secondary N) is 1. The van der Waals surface area contributed by atoms with E-state index in [1.807, 2.05) is 36.4 Å². The van der Waals surface area contributed by atoms with Crippen molar-refractivity contribution in [3.05, 3.63) is 71.5 Å². The summed E-state index contributed by atoms with van der Waals surface area (Å²) < 4.78 is 10.8. The van der Waals surface area contributed by atoms with E-state index in [9.17, 15) is 14.7 Å². The van der Waals surface area contributed by atoms with Crippen LogP contribution in [0.3, 0.4) is 0 Å². The van der Waals surface area contributed by atoms with Gasteiger partial charge in [-0.15, -0.1) is 0 Å². The van der Waals surface area contributed by atoms with E-state index in [2.05, 4.69) is 5.32 Å². The van der Waals surface area contributed by atoms with Crippen molar-refractivity contribution in [2.45, 2.75) is 12.6 Å². The Labute approximate surface area is 154 Å². The molecule has 0 saturated heterocycles. The van der Waals surface area contributed by atoms with Crippen molar-refractivity contribution in [3.63, 3.8) is 0 Å². The Hall–Kier alpha value is -3.63. The Kier molecular flexibility index (Phi) is 5.50. The number of rotatable bonds is 7. The van der Waals surface area contributed by atoms with Crippen molar-refractivity contribution in [2.75, 3.05) is 6.61 Å². The monoisotopic (exact) mass is 364 g/mol. The third-order valence-electron chi connectivity index (χ3n) is 3.87. The fourth-order valence-corrected chi connectivity index (χ4v) is 2.50. The van der Waals surface area contributed by atoms with E-state index in [0.717, 1.165) is 5.56 Å². The topological polar surface area (TPSA) is 113 Å². The second kappa shape index (κ2) is 8.17. The van der Waals surface area contributed by atoms with Crippen molar-refractivity contribution in [1.82, 2.24) is 5.32 Å². The van der Waals surface area contributed by atoms with Gasteiger partial charge in [0.15, 0.2) is 11.8 Å². The van der Waals surface area contributed by atoms with Gasteiger partial charge in [0.1, 0.15) is 5.58 Å². The standard InChI is InChI=1S/C20H16N2O5/c21-10-14-6-7-17-15(8-14)9-18(27-17)19(23)22-16(20(24)25)12-26-11-13-4-2-1-3-5-13/h1-9,16H,11-12H2,(H,22,23)(H,24,25)/t16-/m0/s1. The van der Waals surface area contributed by atoms with E-state index >= 15 is 0 Å². The SMILES string of the molecule is N#Cc1ccc2oc(C(=O)N[C@@H](COCc3ccccc3)C(=O)O)cc2c1. The number of nitriles is 1. The minimum atomic E-state index is -1.22. The number of benzene rings is 2. The molecular weight excluding hydrogens is 348 g/mol. The quantitative estimate of drug-likeness (QED) is 0.666. The molecule has 0 bridgehead atoms. The number of nitrogens with zero attached hydrogens (tertiary/aromatic N) is 1. The van der Waals surface area contributed by atoms with Crippen molar-refractivity contribution in [2.24, 2.45) is 0 Å². The molecule has 0 fully saturated rings. The average molecular weight is 364 g/mol. The summed E-state index contributed by atoms with van der Waals surface area (Å²) in [6.45, 7) is 0.0524. The molecule has 136 valence electrons. The van der Waals surface area contributed by atoms with Crippen molar-refractivity contribution in [3.8, 4) is 6.07 Å². The molecular formula is C20H16N2O5. The van der Waals surface area contributed by atoms with Crippen LogP contribution in [0.15, 0.2) is 59.0 Å². The molecule has 0 aliphatic rings. The van der Waals surface area contributed by atoms with Crippen LogP contribution in [0.1, 0.15) is 21.7 Å². The molecule has 27 heavy (non-hydrogen) atoms. The molecule has 2 aromatic carbocycles. The third kappa shape index (κ3) is 4.51. The summed E-state index contributed by atoms with van der Waals surface area (Å²) in [4.78, 5) is 23.7.